The second kappa shape index (κ2) is 11.5. The largest absolute Gasteiger partial charge is 0.459 e. The molecule has 0 spiro atoms. The summed E-state index contributed by atoms with van der Waals surface area (Å²) in [5.41, 5.74) is 1.02. The summed E-state index contributed by atoms with van der Waals surface area (Å²) in [6, 6.07) is -0.251. The normalized spacial score (nSPS) is 35.1. The number of allylic oxidation sites excluding steroid dienone is 3. The van der Waals surface area contributed by atoms with E-state index in [-0.39, 0.29) is 29.5 Å². The third kappa shape index (κ3) is 7.09. The average Bonchev–Trinajstić information content (AvgIpc) is 3.16. The van der Waals surface area contributed by atoms with Gasteiger partial charge in [-0.3, -0.25) is 4.79 Å². The molecule has 1 N–H and O–H groups in total. The molecule has 2 saturated heterocycles. The summed E-state index contributed by atoms with van der Waals surface area (Å²) < 4.78 is 18.9. The van der Waals surface area contributed by atoms with Crippen molar-refractivity contribution in [3.05, 3.63) is 23.8 Å². The van der Waals surface area contributed by atoms with Crippen LogP contribution >= 0.6 is 11.8 Å². The van der Waals surface area contributed by atoms with Crippen molar-refractivity contribution in [3.8, 4) is 0 Å². The summed E-state index contributed by atoms with van der Waals surface area (Å²) in [6.07, 6.45) is 12.3. The summed E-state index contributed by atoms with van der Waals surface area (Å²) in [5, 5.41) is 2.97. The number of esters is 1. The van der Waals surface area contributed by atoms with Crippen LogP contribution in [-0.4, -0.2) is 47.6 Å². The number of hydrogen-bond acceptors (Lipinski definition) is 6. The van der Waals surface area contributed by atoms with Gasteiger partial charge in [0, 0.05) is 24.7 Å². The topological polar surface area (TPSA) is 73.9 Å². The number of fused-ring (bicyclic) bond motifs is 2. The van der Waals surface area contributed by atoms with E-state index in [4.69, 9.17) is 14.2 Å². The molecule has 174 valence electrons. The number of carbonyl (C=O) groups is 2. The van der Waals surface area contributed by atoms with Gasteiger partial charge in [-0.2, -0.15) is 0 Å². The molecule has 5 unspecified atom stereocenters. The van der Waals surface area contributed by atoms with Crippen LogP contribution in [0.4, 0.5) is 4.79 Å². The lowest BCUT2D eigenvalue weighted by molar-refractivity contribution is -0.306. The predicted octanol–water partition coefficient (Wildman–Crippen LogP) is 5.13. The number of carbonyl (C=O) groups excluding carboxylic acids is 2. The molecule has 0 aromatic rings. The molecule has 3 aliphatic heterocycles. The number of hydrogen-bond donors (Lipinski definition) is 1. The van der Waals surface area contributed by atoms with Gasteiger partial charge in [-0.15, -0.1) is 0 Å². The maximum absolute atomic E-state index is 12.6. The molecule has 0 saturated carbocycles. The molecule has 3 rings (SSSR count). The minimum atomic E-state index is -0.961. The molecule has 5 atom stereocenters. The van der Waals surface area contributed by atoms with Gasteiger partial charge in [-0.25, -0.2) is 4.79 Å². The third-order valence-electron chi connectivity index (χ3n) is 6.21. The molecule has 1 amide bonds. The van der Waals surface area contributed by atoms with Crippen molar-refractivity contribution in [2.45, 2.75) is 96.2 Å². The van der Waals surface area contributed by atoms with Gasteiger partial charge in [0.05, 0.1) is 18.8 Å². The lowest BCUT2D eigenvalue weighted by atomic mass is 9.90. The minimum Gasteiger partial charge on any atom is -0.459 e. The Hall–Kier alpha value is -1.31. The molecule has 7 heteroatoms. The van der Waals surface area contributed by atoms with Gasteiger partial charge in [0.15, 0.2) is 5.79 Å². The van der Waals surface area contributed by atoms with Gasteiger partial charge in [0.25, 0.3) is 5.24 Å². The summed E-state index contributed by atoms with van der Waals surface area (Å²) >= 11 is 1.26. The first-order valence-corrected chi connectivity index (χ1v) is 12.7. The smallest absolute Gasteiger partial charge is 0.330 e. The number of ether oxygens (including phenoxy) is 3. The Bertz CT molecular complexity index is 693. The Morgan fingerprint density at radius 1 is 1.29 bits per heavy atom. The monoisotopic (exact) mass is 451 g/mol. The fourth-order valence-corrected chi connectivity index (χ4v) is 5.30. The van der Waals surface area contributed by atoms with E-state index in [9.17, 15) is 9.59 Å². The number of unbranched alkanes of at least 4 members (excludes halogenated alkanes) is 1. The van der Waals surface area contributed by atoms with Crippen molar-refractivity contribution in [3.63, 3.8) is 0 Å². The van der Waals surface area contributed by atoms with Crippen LogP contribution in [0.3, 0.4) is 0 Å². The second-order valence-electron chi connectivity index (χ2n) is 9.06. The molecule has 31 heavy (non-hydrogen) atoms. The highest BCUT2D eigenvalue weighted by Gasteiger charge is 2.51. The van der Waals surface area contributed by atoms with E-state index >= 15 is 0 Å². The molecular formula is C24H37NO5S. The van der Waals surface area contributed by atoms with Crippen LogP contribution in [0, 0.1) is 5.92 Å². The first-order valence-electron chi connectivity index (χ1n) is 11.7. The highest BCUT2D eigenvalue weighted by molar-refractivity contribution is 8.14. The van der Waals surface area contributed by atoms with Gasteiger partial charge in [-0.1, -0.05) is 49.8 Å². The highest BCUT2D eigenvalue weighted by Crippen LogP contribution is 2.39. The number of amides is 1. The van der Waals surface area contributed by atoms with E-state index in [1.807, 2.05) is 6.92 Å². The van der Waals surface area contributed by atoms with Crippen molar-refractivity contribution in [2.24, 2.45) is 5.92 Å². The van der Waals surface area contributed by atoms with Crippen LogP contribution in [0.25, 0.3) is 0 Å². The Morgan fingerprint density at radius 2 is 2.13 bits per heavy atom. The van der Waals surface area contributed by atoms with Crippen molar-refractivity contribution < 1.29 is 23.8 Å². The van der Waals surface area contributed by atoms with Crippen molar-refractivity contribution in [2.75, 3.05) is 12.4 Å². The van der Waals surface area contributed by atoms with E-state index in [1.165, 1.54) is 11.8 Å². The average molecular weight is 452 g/mol. The predicted molar refractivity (Wildman–Crippen MR) is 123 cm³/mol. The Labute approximate surface area is 190 Å². The SMILES string of the molecule is CCCCOC1(C2CSC(=O)N2)CC2CC(CCC(C)C=CCCC(C)=CC(=O)O2)O1. The quantitative estimate of drug-likeness (QED) is 0.355. The molecular weight excluding hydrogens is 414 g/mol. The Balaban J connectivity index is 1.85. The van der Waals surface area contributed by atoms with Crippen LogP contribution in [0.5, 0.6) is 0 Å². The fourth-order valence-electron chi connectivity index (χ4n) is 4.42. The minimum absolute atomic E-state index is 0.0535. The number of thioether (sulfide) groups is 1. The molecule has 0 aromatic heterocycles. The zero-order valence-corrected chi connectivity index (χ0v) is 19.9. The van der Waals surface area contributed by atoms with Crippen molar-refractivity contribution in [1.29, 1.82) is 0 Å². The Morgan fingerprint density at radius 3 is 2.87 bits per heavy atom. The van der Waals surface area contributed by atoms with E-state index in [0.717, 1.165) is 44.1 Å². The number of nitrogens with one attached hydrogen (secondary N) is 1. The van der Waals surface area contributed by atoms with Crippen LogP contribution in [0.2, 0.25) is 0 Å². The zero-order valence-electron chi connectivity index (χ0n) is 19.1. The molecule has 2 fully saturated rings. The summed E-state index contributed by atoms with van der Waals surface area (Å²) in [4.78, 5) is 24.6. The van der Waals surface area contributed by atoms with Crippen LogP contribution < -0.4 is 5.32 Å². The van der Waals surface area contributed by atoms with E-state index in [1.54, 1.807) is 6.08 Å². The lowest BCUT2D eigenvalue weighted by Crippen LogP contribution is -2.60. The molecule has 6 nitrogen and oxygen atoms in total. The van der Waals surface area contributed by atoms with Gasteiger partial charge in [0.1, 0.15) is 6.10 Å². The Kier molecular flexibility index (Phi) is 9.05. The first kappa shape index (κ1) is 24.3. The van der Waals surface area contributed by atoms with Crippen LogP contribution in [-0.2, 0) is 19.0 Å². The maximum Gasteiger partial charge on any atom is 0.330 e. The van der Waals surface area contributed by atoms with Gasteiger partial charge < -0.3 is 19.5 Å². The molecule has 2 bridgehead atoms. The zero-order chi connectivity index (χ0) is 22.3. The summed E-state index contributed by atoms with van der Waals surface area (Å²) in [6.45, 7) is 6.87. The van der Waals surface area contributed by atoms with E-state index in [0.29, 0.717) is 31.1 Å². The van der Waals surface area contributed by atoms with Gasteiger partial charge in [-0.05, 0) is 44.9 Å². The third-order valence-corrected chi connectivity index (χ3v) is 7.09. The van der Waals surface area contributed by atoms with Crippen molar-refractivity contribution in [1.82, 2.24) is 5.32 Å². The summed E-state index contributed by atoms with van der Waals surface area (Å²) in [7, 11) is 0. The van der Waals surface area contributed by atoms with Gasteiger partial charge >= 0.3 is 5.97 Å². The van der Waals surface area contributed by atoms with Crippen molar-refractivity contribution >= 4 is 23.0 Å². The van der Waals surface area contributed by atoms with E-state index in [2.05, 4.69) is 31.3 Å². The number of rotatable bonds is 5. The summed E-state index contributed by atoms with van der Waals surface area (Å²) in [5.74, 6) is -0.214. The highest BCUT2D eigenvalue weighted by atomic mass is 32.2. The first-order chi connectivity index (χ1) is 14.9. The molecule has 0 aliphatic carbocycles. The molecule has 3 aliphatic rings. The van der Waals surface area contributed by atoms with E-state index < -0.39 is 5.79 Å². The second-order valence-corrected chi connectivity index (χ2v) is 10.1. The van der Waals surface area contributed by atoms with Gasteiger partial charge in [0.2, 0.25) is 0 Å². The standard InChI is InChI=1S/C24H37NO5S/c1-4-5-12-28-24(21-16-31-23(27)25-21)15-20-14-19(30-24)11-10-17(2)8-6-7-9-18(3)13-22(26)29-20/h6,8,13,17,19-21H,4-5,7,9-12,14-16H2,1-3H3,(H,25,27). The maximum atomic E-state index is 12.6. The molecule has 0 radical (unpaired) electrons. The fraction of sp³-hybridized carbons (Fsp3) is 0.750. The molecule has 3 heterocycles. The molecule has 0 aromatic carbocycles. The van der Waals surface area contributed by atoms with Crippen LogP contribution in [0.1, 0.15) is 72.1 Å². The lowest BCUT2D eigenvalue weighted by Gasteiger charge is -2.46. The van der Waals surface area contributed by atoms with Crippen LogP contribution in [0.15, 0.2) is 23.8 Å².